The largest absolute Gasteiger partial charge is 0.474 e. The average molecular weight is 315 g/mol. The summed E-state index contributed by atoms with van der Waals surface area (Å²) < 4.78 is 41.0. The van der Waals surface area contributed by atoms with Crippen molar-refractivity contribution in [1.29, 1.82) is 0 Å². The number of aromatic nitrogens is 4. The lowest BCUT2D eigenvalue weighted by Crippen LogP contribution is -2.24. The summed E-state index contributed by atoms with van der Waals surface area (Å²) in [6.07, 6.45) is -0.950. The van der Waals surface area contributed by atoms with Crippen LogP contribution in [0.15, 0.2) is 6.33 Å². The van der Waals surface area contributed by atoms with Gasteiger partial charge in [-0.15, -0.1) is 0 Å². The second-order valence-electron chi connectivity index (χ2n) is 4.64. The van der Waals surface area contributed by atoms with E-state index < -0.39 is 37.4 Å². The molecule has 10 nitrogen and oxygen atoms in total. The van der Waals surface area contributed by atoms with E-state index in [4.69, 9.17) is 20.7 Å². The minimum atomic E-state index is -3.31. The number of fused-ring (bicyclic) bond motifs is 1. The molecule has 0 saturated carbocycles. The van der Waals surface area contributed by atoms with Gasteiger partial charge in [-0.2, -0.15) is 9.97 Å². The van der Waals surface area contributed by atoms with Crippen molar-refractivity contribution in [2.75, 3.05) is 25.5 Å². The van der Waals surface area contributed by atoms with E-state index in [-0.39, 0.29) is 30.1 Å². The van der Waals surface area contributed by atoms with Crippen LogP contribution in [0.3, 0.4) is 0 Å². The van der Waals surface area contributed by atoms with Crippen LogP contribution in [0.25, 0.3) is 11.2 Å². The first-order valence-electron chi connectivity index (χ1n) is 8.39. The maximum atomic E-state index is 9.86. The lowest BCUT2D eigenvalue weighted by Gasteiger charge is -2.13. The number of nitrogens with zero attached hydrogens (tertiary/aromatic N) is 4. The fourth-order valence-corrected chi connectivity index (χ4v) is 2.31. The number of aliphatic hydroxyl groups excluding tert-OH is 2. The highest BCUT2D eigenvalue weighted by Gasteiger charge is 2.35. The molecule has 3 heterocycles. The van der Waals surface area contributed by atoms with E-state index in [0.29, 0.717) is 0 Å². The lowest BCUT2D eigenvalue weighted by atomic mass is 10.2. The van der Waals surface area contributed by atoms with Gasteiger partial charge < -0.3 is 30.5 Å². The Labute approximate surface area is 130 Å². The number of nitrogen functional groups attached to an aromatic ring is 1. The van der Waals surface area contributed by atoms with Crippen LogP contribution in [-0.2, 0) is 4.74 Å². The highest BCUT2D eigenvalue weighted by Crippen LogP contribution is 2.32. The summed E-state index contributed by atoms with van der Waals surface area (Å²) in [6, 6.07) is 0. The van der Waals surface area contributed by atoms with Crippen LogP contribution in [0.4, 0.5) is 5.95 Å². The zero-order valence-electron chi connectivity index (χ0n) is 15.2. The van der Waals surface area contributed by atoms with Gasteiger partial charge in [-0.3, -0.25) is 4.57 Å². The average Bonchev–Trinajstić information content (AvgIpc) is 3.08. The Bertz CT molecular complexity index is 813. The van der Waals surface area contributed by atoms with Gasteiger partial charge in [0.25, 0.3) is 0 Å². The molecule has 0 unspecified atom stereocenters. The SMILES string of the molecule is [2H]C([2H])(O)C([2H])([2H])Oc1nc(N)nc2c1ncn2[C@H]1C[C@H](O)[C@@H](CO)O1. The molecule has 0 aliphatic carbocycles. The third-order valence-electron chi connectivity index (χ3n) is 3.29. The first-order valence-corrected chi connectivity index (χ1v) is 6.39. The molecule has 0 radical (unpaired) electrons. The van der Waals surface area contributed by atoms with Crippen molar-refractivity contribution in [3.05, 3.63) is 6.33 Å². The molecule has 0 amide bonds. The number of hydrogen-bond acceptors (Lipinski definition) is 9. The van der Waals surface area contributed by atoms with Crippen LogP contribution in [0.5, 0.6) is 5.88 Å². The monoisotopic (exact) mass is 315 g/mol. The van der Waals surface area contributed by atoms with Crippen LogP contribution < -0.4 is 10.5 Å². The summed E-state index contributed by atoms with van der Waals surface area (Å²) in [5.74, 6) is -0.771. The molecule has 2 aromatic heterocycles. The number of hydrogen-bond donors (Lipinski definition) is 4. The van der Waals surface area contributed by atoms with Crippen molar-refractivity contribution in [3.8, 4) is 5.88 Å². The molecule has 1 aliphatic heterocycles. The van der Waals surface area contributed by atoms with Crippen LogP contribution in [0.2, 0.25) is 0 Å². The Balaban J connectivity index is 2.00. The molecule has 0 bridgehead atoms. The summed E-state index contributed by atoms with van der Waals surface area (Å²) in [6.45, 7) is -6.82. The van der Waals surface area contributed by atoms with Crippen LogP contribution in [0, 0.1) is 0 Å². The Morgan fingerprint density at radius 3 is 3.00 bits per heavy atom. The summed E-state index contributed by atoms with van der Waals surface area (Å²) >= 11 is 0. The molecule has 0 aromatic carbocycles. The molecule has 1 fully saturated rings. The number of aliphatic hydroxyl groups is 3. The Morgan fingerprint density at radius 1 is 1.50 bits per heavy atom. The van der Waals surface area contributed by atoms with Crippen LogP contribution in [-0.4, -0.2) is 66.8 Å². The molecular weight excluding hydrogens is 294 g/mol. The Hall–Kier alpha value is -2.01. The molecule has 10 heteroatoms. The van der Waals surface area contributed by atoms with Gasteiger partial charge in [-0.05, 0) is 0 Å². The second kappa shape index (κ2) is 6.01. The van der Waals surface area contributed by atoms with E-state index >= 15 is 0 Å². The molecule has 2 aromatic rings. The van der Waals surface area contributed by atoms with Gasteiger partial charge in [0.15, 0.2) is 11.2 Å². The zero-order valence-corrected chi connectivity index (χ0v) is 11.2. The predicted molar refractivity (Wildman–Crippen MR) is 73.9 cm³/mol. The number of nitrogens with two attached hydrogens (primary N) is 1. The standard InChI is InChI=1S/C12H17N5O5/c13-12-15-10-9(11(16-12)21-2-1-18)14-5-17(10)8-3-6(20)7(4-19)22-8/h5-8,18-20H,1-4H2,(H2,13,15,16)/t6-,7+,8+/m0/s1/i1D2,2D2. The predicted octanol–water partition coefficient (Wildman–Crippen LogP) is -1.58. The van der Waals surface area contributed by atoms with Gasteiger partial charge in [-0.25, -0.2) is 4.98 Å². The molecule has 3 atom stereocenters. The third kappa shape index (κ3) is 2.57. The molecule has 1 saturated heterocycles. The van der Waals surface area contributed by atoms with Gasteiger partial charge in [0.05, 0.1) is 31.1 Å². The maximum Gasteiger partial charge on any atom is 0.247 e. The van der Waals surface area contributed by atoms with Crippen LogP contribution >= 0.6 is 0 Å². The first kappa shape index (κ1) is 10.7. The summed E-state index contributed by atoms with van der Waals surface area (Å²) in [4.78, 5) is 11.7. The fourth-order valence-electron chi connectivity index (χ4n) is 2.31. The van der Waals surface area contributed by atoms with Crippen molar-refractivity contribution in [1.82, 2.24) is 19.5 Å². The molecule has 3 rings (SSSR count). The van der Waals surface area contributed by atoms with Gasteiger partial charge >= 0.3 is 0 Å². The summed E-state index contributed by atoms with van der Waals surface area (Å²) in [7, 11) is 0. The highest BCUT2D eigenvalue weighted by molar-refractivity contribution is 5.77. The minimum Gasteiger partial charge on any atom is -0.474 e. The smallest absolute Gasteiger partial charge is 0.247 e. The number of imidazole rings is 1. The van der Waals surface area contributed by atoms with E-state index in [0.717, 1.165) is 0 Å². The maximum absolute atomic E-state index is 9.86. The van der Waals surface area contributed by atoms with E-state index in [1.807, 2.05) is 0 Å². The van der Waals surface area contributed by atoms with E-state index in [9.17, 15) is 15.3 Å². The summed E-state index contributed by atoms with van der Waals surface area (Å²) in [5.41, 5.74) is 5.66. The molecule has 5 N–H and O–H groups in total. The van der Waals surface area contributed by atoms with Gasteiger partial charge in [-0.1, -0.05) is 0 Å². The van der Waals surface area contributed by atoms with Gasteiger partial charge in [0.1, 0.15) is 18.9 Å². The minimum absolute atomic E-state index is 0.0436. The second-order valence-corrected chi connectivity index (χ2v) is 4.64. The Morgan fingerprint density at radius 2 is 2.32 bits per heavy atom. The third-order valence-corrected chi connectivity index (χ3v) is 3.29. The van der Waals surface area contributed by atoms with Gasteiger partial charge in [0, 0.05) is 6.42 Å². The van der Waals surface area contributed by atoms with E-state index in [1.165, 1.54) is 10.9 Å². The Kier molecular flexibility index (Phi) is 2.91. The first-order chi connectivity index (χ1) is 12.0. The quantitative estimate of drug-likeness (QED) is 0.512. The topological polar surface area (TPSA) is 149 Å². The molecular formula is C12H17N5O5. The van der Waals surface area contributed by atoms with Gasteiger partial charge in [0.2, 0.25) is 11.8 Å². The van der Waals surface area contributed by atoms with Crippen molar-refractivity contribution in [2.24, 2.45) is 0 Å². The summed E-state index contributed by atoms with van der Waals surface area (Å²) in [5, 5.41) is 28.3. The zero-order chi connectivity index (χ0) is 19.3. The molecule has 1 aliphatic rings. The number of rotatable bonds is 5. The lowest BCUT2D eigenvalue weighted by molar-refractivity contribution is -0.0432. The normalized spacial score (nSPS) is 29.0. The fraction of sp³-hybridized carbons (Fsp3) is 0.583. The van der Waals surface area contributed by atoms with Crippen molar-refractivity contribution in [3.63, 3.8) is 0 Å². The molecule has 120 valence electrons. The van der Waals surface area contributed by atoms with Crippen LogP contribution in [0.1, 0.15) is 18.1 Å². The van der Waals surface area contributed by atoms with Crippen molar-refractivity contribution < 1.29 is 30.3 Å². The highest BCUT2D eigenvalue weighted by atomic mass is 16.5. The van der Waals surface area contributed by atoms with Crippen molar-refractivity contribution in [2.45, 2.75) is 24.9 Å². The molecule has 0 spiro atoms. The number of anilines is 1. The van der Waals surface area contributed by atoms with E-state index in [1.54, 1.807) is 0 Å². The number of ether oxygens (including phenoxy) is 2. The van der Waals surface area contributed by atoms with E-state index in [2.05, 4.69) is 15.0 Å². The molecule has 22 heavy (non-hydrogen) atoms. The van der Waals surface area contributed by atoms with Crippen molar-refractivity contribution >= 4 is 17.1 Å².